The molecule has 0 unspecified atom stereocenters. The molecule has 0 atom stereocenters. The van der Waals surface area contributed by atoms with Gasteiger partial charge in [-0.2, -0.15) is 0 Å². The number of methoxy groups -OCH3 is 1. The minimum Gasteiger partial charge on any atom is -0.495 e. The molecule has 2 aliphatic rings. The summed E-state index contributed by atoms with van der Waals surface area (Å²) in [5.41, 5.74) is 3.32. The summed E-state index contributed by atoms with van der Waals surface area (Å²) in [7, 11) is 1.54. The van der Waals surface area contributed by atoms with E-state index >= 15 is 0 Å². The molecule has 2 aromatic carbocycles. The molecule has 2 N–H and O–H groups in total. The Kier molecular flexibility index (Phi) is 6.93. The summed E-state index contributed by atoms with van der Waals surface area (Å²) in [6.45, 7) is 3.78. The van der Waals surface area contributed by atoms with Crippen LogP contribution >= 0.6 is 11.6 Å². The normalized spacial score (nSPS) is 16.8. The number of nitrogens with one attached hydrogen (secondary N) is 2. The average molecular weight is 482 g/mol. The molecule has 8 heteroatoms. The maximum Gasteiger partial charge on any atom is 0.279 e. The van der Waals surface area contributed by atoms with Crippen LogP contribution in [0.4, 0.5) is 11.4 Å². The van der Waals surface area contributed by atoms with E-state index in [9.17, 15) is 14.4 Å². The van der Waals surface area contributed by atoms with Crippen molar-refractivity contribution in [3.63, 3.8) is 0 Å². The van der Waals surface area contributed by atoms with Gasteiger partial charge >= 0.3 is 0 Å². The van der Waals surface area contributed by atoms with Gasteiger partial charge in [-0.25, -0.2) is 0 Å². The van der Waals surface area contributed by atoms with Crippen molar-refractivity contribution in [2.45, 2.75) is 52.0 Å². The minimum atomic E-state index is -0.459. The lowest BCUT2D eigenvalue weighted by atomic mass is 9.94. The van der Waals surface area contributed by atoms with Crippen LogP contribution in [0.15, 0.2) is 47.1 Å². The smallest absolute Gasteiger partial charge is 0.279 e. The lowest BCUT2D eigenvalue weighted by Gasteiger charge is -2.29. The molecule has 7 nitrogen and oxygen atoms in total. The van der Waals surface area contributed by atoms with Crippen molar-refractivity contribution in [1.82, 2.24) is 4.90 Å². The number of amides is 3. The van der Waals surface area contributed by atoms with Crippen molar-refractivity contribution in [3.05, 3.63) is 63.8 Å². The predicted molar refractivity (Wildman–Crippen MR) is 132 cm³/mol. The maximum atomic E-state index is 13.1. The van der Waals surface area contributed by atoms with Crippen LogP contribution in [0, 0.1) is 13.8 Å². The number of hydrogen-bond donors (Lipinski definition) is 2. The number of ether oxygens (including phenoxy) is 1. The van der Waals surface area contributed by atoms with Gasteiger partial charge in [-0.3, -0.25) is 19.3 Å². The molecule has 4 rings (SSSR count). The van der Waals surface area contributed by atoms with Crippen LogP contribution in [-0.2, 0) is 9.59 Å². The van der Waals surface area contributed by atoms with Gasteiger partial charge < -0.3 is 15.4 Å². The molecular formula is C26H28ClN3O4. The van der Waals surface area contributed by atoms with Crippen molar-refractivity contribution in [2.24, 2.45) is 0 Å². The van der Waals surface area contributed by atoms with Gasteiger partial charge in [0.25, 0.3) is 17.7 Å². The molecule has 2 aromatic rings. The van der Waals surface area contributed by atoms with Gasteiger partial charge in [-0.05, 0) is 62.1 Å². The van der Waals surface area contributed by atoms with Gasteiger partial charge in [0.05, 0.1) is 12.8 Å². The van der Waals surface area contributed by atoms with Crippen LogP contribution in [-0.4, -0.2) is 35.8 Å². The summed E-state index contributed by atoms with van der Waals surface area (Å²) in [5, 5.41) is 5.79. The van der Waals surface area contributed by atoms with Crippen molar-refractivity contribution in [2.75, 3.05) is 17.7 Å². The van der Waals surface area contributed by atoms with Gasteiger partial charge in [0.2, 0.25) is 0 Å². The fourth-order valence-electron chi connectivity index (χ4n) is 4.45. The summed E-state index contributed by atoms with van der Waals surface area (Å²) in [5.74, 6) is -0.649. The molecule has 0 spiro atoms. The van der Waals surface area contributed by atoms with Gasteiger partial charge in [-0.15, -0.1) is 0 Å². The Hall–Kier alpha value is -3.32. The molecule has 1 saturated carbocycles. The number of hydrogen-bond acceptors (Lipinski definition) is 5. The molecular weight excluding hydrogens is 454 g/mol. The Morgan fingerprint density at radius 2 is 1.74 bits per heavy atom. The van der Waals surface area contributed by atoms with Crippen LogP contribution in [0.5, 0.6) is 5.75 Å². The van der Waals surface area contributed by atoms with E-state index in [4.69, 9.17) is 16.3 Å². The monoisotopic (exact) mass is 481 g/mol. The Balaban J connectivity index is 1.56. The van der Waals surface area contributed by atoms with Crippen molar-refractivity contribution in [1.29, 1.82) is 0 Å². The van der Waals surface area contributed by atoms with Crippen LogP contribution in [0.2, 0.25) is 0 Å². The summed E-state index contributed by atoms with van der Waals surface area (Å²) < 4.78 is 5.34. The van der Waals surface area contributed by atoms with Crippen molar-refractivity contribution >= 4 is 40.7 Å². The second-order valence-electron chi connectivity index (χ2n) is 8.77. The standard InChI is InChI=1S/C26H28ClN3O4/c1-15-9-12-21(34-3)20(13-15)29-24(31)17-11-10-16(2)19(14-17)28-23-22(27)25(32)30(26(23)33)18-7-5-4-6-8-18/h9-14,18,28H,4-8H2,1-3H3,(H,29,31). The Morgan fingerprint density at radius 1 is 1.00 bits per heavy atom. The SMILES string of the molecule is COc1ccc(C)cc1NC(=O)c1ccc(C)c(NC2=C(Cl)C(=O)N(C3CCCCC3)C2=O)c1. The second-order valence-corrected chi connectivity index (χ2v) is 9.15. The third kappa shape index (κ3) is 4.66. The molecule has 0 saturated heterocycles. The number of halogens is 1. The number of benzene rings is 2. The second kappa shape index (κ2) is 9.89. The van der Waals surface area contributed by atoms with E-state index in [1.807, 2.05) is 26.0 Å². The van der Waals surface area contributed by atoms with E-state index in [0.29, 0.717) is 22.7 Å². The highest BCUT2D eigenvalue weighted by Crippen LogP contribution is 2.33. The Bertz CT molecular complexity index is 1180. The molecule has 1 aliphatic carbocycles. The lowest BCUT2D eigenvalue weighted by Crippen LogP contribution is -2.42. The molecule has 1 heterocycles. The topological polar surface area (TPSA) is 87.7 Å². The summed E-state index contributed by atoms with van der Waals surface area (Å²) in [6, 6.07) is 10.5. The van der Waals surface area contributed by atoms with Crippen LogP contribution in [0.3, 0.4) is 0 Å². The summed E-state index contributed by atoms with van der Waals surface area (Å²) in [6.07, 6.45) is 4.69. The van der Waals surface area contributed by atoms with E-state index in [0.717, 1.165) is 43.2 Å². The summed E-state index contributed by atoms with van der Waals surface area (Å²) >= 11 is 6.31. The number of anilines is 2. The Labute approximate surface area is 204 Å². The zero-order valence-electron chi connectivity index (χ0n) is 19.5. The van der Waals surface area contributed by atoms with Crippen LogP contribution < -0.4 is 15.4 Å². The first-order valence-electron chi connectivity index (χ1n) is 11.4. The van der Waals surface area contributed by atoms with Gasteiger partial charge in [-0.1, -0.05) is 43.0 Å². The van der Waals surface area contributed by atoms with E-state index < -0.39 is 11.8 Å². The first-order valence-corrected chi connectivity index (χ1v) is 11.8. The largest absolute Gasteiger partial charge is 0.495 e. The van der Waals surface area contributed by atoms with E-state index in [2.05, 4.69) is 10.6 Å². The first kappa shape index (κ1) is 23.8. The molecule has 0 aromatic heterocycles. The minimum absolute atomic E-state index is 0.0539. The van der Waals surface area contributed by atoms with E-state index in [1.165, 1.54) is 4.90 Å². The van der Waals surface area contributed by atoms with Crippen molar-refractivity contribution < 1.29 is 19.1 Å². The first-order chi connectivity index (χ1) is 16.3. The van der Waals surface area contributed by atoms with Gasteiger partial charge in [0.15, 0.2) is 0 Å². The highest BCUT2D eigenvalue weighted by Gasteiger charge is 2.42. The molecule has 0 radical (unpaired) electrons. The molecule has 1 aliphatic heterocycles. The van der Waals surface area contributed by atoms with Crippen LogP contribution in [0.25, 0.3) is 0 Å². The zero-order chi connectivity index (χ0) is 24.4. The number of imide groups is 1. The average Bonchev–Trinajstić information content (AvgIpc) is 3.04. The number of aryl methyl sites for hydroxylation is 2. The van der Waals surface area contributed by atoms with Crippen LogP contribution in [0.1, 0.15) is 53.6 Å². The summed E-state index contributed by atoms with van der Waals surface area (Å²) in [4.78, 5) is 40.1. The molecule has 1 fully saturated rings. The van der Waals surface area contributed by atoms with Gasteiger partial charge in [0.1, 0.15) is 16.5 Å². The fourth-order valence-corrected chi connectivity index (χ4v) is 4.66. The highest BCUT2D eigenvalue weighted by atomic mass is 35.5. The molecule has 3 amide bonds. The lowest BCUT2D eigenvalue weighted by molar-refractivity contribution is -0.140. The predicted octanol–water partition coefficient (Wildman–Crippen LogP) is 5.13. The van der Waals surface area contributed by atoms with E-state index in [-0.39, 0.29) is 22.7 Å². The van der Waals surface area contributed by atoms with Crippen molar-refractivity contribution in [3.8, 4) is 5.75 Å². The third-order valence-electron chi connectivity index (χ3n) is 6.36. The molecule has 0 bridgehead atoms. The van der Waals surface area contributed by atoms with E-state index in [1.54, 1.807) is 31.4 Å². The quantitative estimate of drug-likeness (QED) is 0.558. The Morgan fingerprint density at radius 3 is 2.44 bits per heavy atom. The maximum absolute atomic E-state index is 13.1. The molecule has 34 heavy (non-hydrogen) atoms. The third-order valence-corrected chi connectivity index (χ3v) is 6.71. The molecule has 178 valence electrons. The number of rotatable bonds is 6. The van der Waals surface area contributed by atoms with Gasteiger partial charge in [0, 0.05) is 17.3 Å². The number of carbonyl (C=O) groups is 3. The number of carbonyl (C=O) groups excluding carboxylic acids is 3. The fraction of sp³-hybridized carbons (Fsp3) is 0.346. The zero-order valence-corrected chi connectivity index (χ0v) is 20.3. The highest BCUT2D eigenvalue weighted by molar-refractivity contribution is 6.48. The number of nitrogens with zero attached hydrogens (tertiary/aromatic N) is 1.